The Hall–Kier alpha value is -0.260. The van der Waals surface area contributed by atoms with Crippen LogP contribution in [0.25, 0.3) is 0 Å². The van der Waals surface area contributed by atoms with E-state index in [1.165, 1.54) is 25.7 Å². The maximum absolute atomic E-state index is 2.52. The number of hydrogen-bond acceptors (Lipinski definition) is 0. The van der Waals surface area contributed by atoms with E-state index in [1.54, 1.807) is 5.57 Å². The van der Waals surface area contributed by atoms with Gasteiger partial charge in [0.15, 0.2) is 0 Å². The van der Waals surface area contributed by atoms with Crippen molar-refractivity contribution in [3.63, 3.8) is 0 Å². The van der Waals surface area contributed by atoms with E-state index in [-0.39, 0.29) is 0 Å². The Morgan fingerprint density at radius 2 is 2.25 bits per heavy atom. The van der Waals surface area contributed by atoms with Crippen LogP contribution >= 0.6 is 0 Å². The van der Waals surface area contributed by atoms with Crippen molar-refractivity contribution in [3.8, 4) is 0 Å². The SMILES string of the molecule is CCCC1=CC[C@@H]2C[C@@H]1C2(C)C. The molecule has 3 rings (SSSR count). The lowest BCUT2D eigenvalue weighted by Gasteiger charge is -2.56. The molecule has 0 amide bonds. The third-order valence-corrected chi connectivity index (χ3v) is 4.12. The minimum absolute atomic E-state index is 0.638. The molecule has 68 valence electrons. The first-order valence-corrected chi connectivity index (χ1v) is 5.35. The highest BCUT2D eigenvalue weighted by Gasteiger charge is 2.50. The van der Waals surface area contributed by atoms with Crippen molar-refractivity contribution in [1.29, 1.82) is 0 Å². The van der Waals surface area contributed by atoms with Gasteiger partial charge >= 0.3 is 0 Å². The van der Waals surface area contributed by atoms with Gasteiger partial charge in [0.1, 0.15) is 0 Å². The highest BCUT2D eigenvalue weighted by molar-refractivity contribution is 5.22. The van der Waals surface area contributed by atoms with E-state index in [9.17, 15) is 0 Å². The predicted molar refractivity (Wildman–Crippen MR) is 53.0 cm³/mol. The summed E-state index contributed by atoms with van der Waals surface area (Å²) in [6.45, 7) is 7.20. The Balaban J connectivity index is 2.13. The molecule has 2 atom stereocenters. The Morgan fingerprint density at radius 1 is 1.50 bits per heavy atom. The average Bonchev–Trinajstić information content (AvgIpc) is 2.05. The Kier molecular flexibility index (Phi) is 1.82. The first-order chi connectivity index (χ1) is 5.66. The fourth-order valence-corrected chi connectivity index (χ4v) is 3.05. The van der Waals surface area contributed by atoms with Crippen molar-refractivity contribution in [2.24, 2.45) is 17.3 Å². The zero-order valence-electron chi connectivity index (χ0n) is 8.56. The van der Waals surface area contributed by atoms with Crippen LogP contribution in [0.3, 0.4) is 0 Å². The molecule has 3 aliphatic rings. The Labute approximate surface area is 76.1 Å². The van der Waals surface area contributed by atoms with Crippen LogP contribution < -0.4 is 0 Å². The molecule has 0 aliphatic heterocycles. The monoisotopic (exact) mass is 164 g/mol. The molecular formula is C12H20. The molecule has 12 heavy (non-hydrogen) atoms. The van der Waals surface area contributed by atoms with Gasteiger partial charge in [0, 0.05) is 0 Å². The minimum atomic E-state index is 0.638. The lowest BCUT2D eigenvalue weighted by molar-refractivity contribution is -0.00824. The van der Waals surface area contributed by atoms with Crippen molar-refractivity contribution in [3.05, 3.63) is 11.6 Å². The number of rotatable bonds is 2. The van der Waals surface area contributed by atoms with Gasteiger partial charge in [0.25, 0.3) is 0 Å². The van der Waals surface area contributed by atoms with Gasteiger partial charge in [-0.1, -0.05) is 38.8 Å². The fourth-order valence-electron chi connectivity index (χ4n) is 3.05. The Morgan fingerprint density at radius 3 is 2.75 bits per heavy atom. The van der Waals surface area contributed by atoms with Crippen molar-refractivity contribution >= 4 is 0 Å². The molecule has 0 unspecified atom stereocenters. The summed E-state index contributed by atoms with van der Waals surface area (Å²) in [5.74, 6) is 1.94. The topological polar surface area (TPSA) is 0 Å². The van der Waals surface area contributed by atoms with E-state index >= 15 is 0 Å². The number of hydrogen-bond donors (Lipinski definition) is 0. The molecule has 0 N–H and O–H groups in total. The second-order valence-electron chi connectivity index (χ2n) is 5.07. The molecule has 0 aromatic heterocycles. The van der Waals surface area contributed by atoms with Crippen LogP contribution in [0.1, 0.15) is 46.5 Å². The molecule has 3 aliphatic carbocycles. The molecule has 0 aromatic rings. The molecule has 0 heterocycles. The molecule has 2 bridgehead atoms. The second-order valence-corrected chi connectivity index (χ2v) is 5.07. The first-order valence-electron chi connectivity index (χ1n) is 5.35. The van der Waals surface area contributed by atoms with E-state index in [2.05, 4.69) is 26.8 Å². The molecule has 0 spiro atoms. The van der Waals surface area contributed by atoms with Crippen molar-refractivity contribution in [1.82, 2.24) is 0 Å². The molecular weight excluding hydrogens is 144 g/mol. The van der Waals surface area contributed by atoms with Crippen LogP contribution in [0.4, 0.5) is 0 Å². The van der Waals surface area contributed by atoms with E-state index in [0.717, 1.165) is 11.8 Å². The quantitative estimate of drug-likeness (QED) is 0.545. The smallest absolute Gasteiger partial charge is 0.0146 e. The molecule has 0 radical (unpaired) electrons. The van der Waals surface area contributed by atoms with Gasteiger partial charge in [-0.25, -0.2) is 0 Å². The summed E-state index contributed by atoms with van der Waals surface area (Å²) < 4.78 is 0. The molecule has 0 heteroatoms. The molecule has 0 aromatic carbocycles. The summed E-state index contributed by atoms with van der Waals surface area (Å²) >= 11 is 0. The van der Waals surface area contributed by atoms with Crippen LogP contribution in [-0.4, -0.2) is 0 Å². The summed E-state index contributed by atoms with van der Waals surface area (Å²) in [5.41, 5.74) is 2.41. The Bertz CT molecular complexity index is 210. The van der Waals surface area contributed by atoms with Gasteiger partial charge in [-0.2, -0.15) is 0 Å². The molecule has 0 saturated heterocycles. The van der Waals surface area contributed by atoms with Gasteiger partial charge in [-0.15, -0.1) is 0 Å². The minimum Gasteiger partial charge on any atom is -0.0847 e. The highest BCUT2D eigenvalue weighted by Crippen LogP contribution is 2.59. The fraction of sp³-hybridized carbons (Fsp3) is 0.833. The summed E-state index contributed by atoms with van der Waals surface area (Å²) in [6, 6.07) is 0. The van der Waals surface area contributed by atoms with Crippen LogP contribution in [0.5, 0.6) is 0 Å². The van der Waals surface area contributed by atoms with Crippen LogP contribution in [0.2, 0.25) is 0 Å². The van der Waals surface area contributed by atoms with Gasteiger partial charge in [0.05, 0.1) is 0 Å². The maximum Gasteiger partial charge on any atom is -0.0146 e. The van der Waals surface area contributed by atoms with E-state index in [1.807, 2.05) is 0 Å². The number of allylic oxidation sites excluding steroid dienone is 2. The first kappa shape index (κ1) is 8.34. The third-order valence-electron chi connectivity index (χ3n) is 4.12. The molecule has 1 fully saturated rings. The lowest BCUT2D eigenvalue weighted by atomic mass is 9.48. The normalized spacial score (nSPS) is 37.1. The van der Waals surface area contributed by atoms with E-state index in [4.69, 9.17) is 0 Å². The molecule has 1 saturated carbocycles. The summed E-state index contributed by atoms with van der Waals surface area (Å²) in [7, 11) is 0. The standard InChI is InChI=1S/C12H20/c1-4-5-9-6-7-10-8-11(9)12(10,2)3/h6,10-11H,4-5,7-8H2,1-3H3/t10-,11+/m1/s1. The zero-order valence-corrected chi connectivity index (χ0v) is 8.56. The van der Waals surface area contributed by atoms with E-state index < -0.39 is 0 Å². The predicted octanol–water partition coefficient (Wildman–Crippen LogP) is 3.78. The van der Waals surface area contributed by atoms with Crippen molar-refractivity contribution < 1.29 is 0 Å². The van der Waals surface area contributed by atoms with Gasteiger partial charge in [0.2, 0.25) is 0 Å². The third kappa shape index (κ3) is 0.967. The van der Waals surface area contributed by atoms with Gasteiger partial charge in [-0.3, -0.25) is 0 Å². The molecule has 0 nitrogen and oxygen atoms in total. The summed E-state index contributed by atoms with van der Waals surface area (Å²) in [6.07, 6.45) is 8.04. The number of fused-ring (bicyclic) bond motifs is 1. The zero-order chi connectivity index (χ0) is 8.77. The lowest BCUT2D eigenvalue weighted by Crippen LogP contribution is -2.47. The highest BCUT2D eigenvalue weighted by atomic mass is 14.5. The van der Waals surface area contributed by atoms with Crippen LogP contribution in [0.15, 0.2) is 11.6 Å². The summed E-state index contributed by atoms with van der Waals surface area (Å²) in [4.78, 5) is 0. The van der Waals surface area contributed by atoms with Crippen LogP contribution in [-0.2, 0) is 0 Å². The van der Waals surface area contributed by atoms with Gasteiger partial charge < -0.3 is 0 Å². The second kappa shape index (κ2) is 2.61. The van der Waals surface area contributed by atoms with Gasteiger partial charge in [-0.05, 0) is 36.5 Å². The van der Waals surface area contributed by atoms with Crippen LogP contribution in [0, 0.1) is 17.3 Å². The summed E-state index contributed by atoms with van der Waals surface area (Å²) in [5, 5.41) is 0. The maximum atomic E-state index is 2.52. The van der Waals surface area contributed by atoms with E-state index in [0.29, 0.717) is 5.41 Å². The van der Waals surface area contributed by atoms with Crippen molar-refractivity contribution in [2.45, 2.75) is 46.5 Å². The largest absolute Gasteiger partial charge is 0.0847 e. The average molecular weight is 164 g/mol. The van der Waals surface area contributed by atoms with Crippen molar-refractivity contribution in [2.75, 3.05) is 0 Å².